The Balaban J connectivity index is 1.76. The summed E-state index contributed by atoms with van der Waals surface area (Å²) >= 11 is 0. The summed E-state index contributed by atoms with van der Waals surface area (Å²) in [5.41, 5.74) is 0.363. The zero-order chi connectivity index (χ0) is 21.1. The van der Waals surface area contributed by atoms with E-state index in [4.69, 9.17) is 9.84 Å². The number of cyclic esters (lactones) is 1. The van der Waals surface area contributed by atoms with E-state index in [9.17, 15) is 23.2 Å². The molecular weight excluding hydrogens is 388 g/mol. The molecule has 2 N–H and O–H groups in total. The Kier molecular flexibility index (Phi) is 6.12. The van der Waals surface area contributed by atoms with Crippen molar-refractivity contribution in [3.63, 3.8) is 0 Å². The Labute approximate surface area is 165 Å². The highest BCUT2D eigenvalue weighted by molar-refractivity contribution is 5.90. The molecule has 0 radical (unpaired) electrons. The second-order valence-electron chi connectivity index (χ2n) is 6.81. The first-order chi connectivity index (χ1) is 13.8. The van der Waals surface area contributed by atoms with Crippen LogP contribution in [-0.4, -0.2) is 66.8 Å². The fraction of sp³-hybridized carbons (Fsp3) is 0.421. The van der Waals surface area contributed by atoms with Crippen LogP contribution in [0, 0.1) is 11.6 Å². The van der Waals surface area contributed by atoms with Gasteiger partial charge in [0.1, 0.15) is 24.3 Å². The predicted molar refractivity (Wildman–Crippen MR) is 98.9 cm³/mol. The maximum Gasteiger partial charge on any atom is 0.414 e. The van der Waals surface area contributed by atoms with Crippen LogP contribution in [0.1, 0.15) is 18.9 Å². The maximum atomic E-state index is 14.7. The van der Waals surface area contributed by atoms with Crippen LogP contribution >= 0.6 is 0 Å². The third-order valence-corrected chi connectivity index (χ3v) is 4.82. The molecule has 0 spiro atoms. The predicted octanol–water partition coefficient (Wildman–Crippen LogP) is 1.03. The van der Waals surface area contributed by atoms with E-state index >= 15 is 0 Å². The van der Waals surface area contributed by atoms with E-state index in [0.717, 1.165) is 17.0 Å². The number of ether oxygens (including phenoxy) is 1. The van der Waals surface area contributed by atoms with Crippen molar-refractivity contribution in [3.8, 4) is 0 Å². The van der Waals surface area contributed by atoms with Crippen molar-refractivity contribution in [2.24, 2.45) is 0 Å². The van der Waals surface area contributed by atoms with E-state index in [0.29, 0.717) is 12.0 Å². The molecule has 2 heterocycles. The highest BCUT2D eigenvalue weighted by Gasteiger charge is 2.34. The molecular formula is C19H21F2N3O5. The van der Waals surface area contributed by atoms with E-state index in [-0.39, 0.29) is 43.3 Å². The molecule has 29 heavy (non-hydrogen) atoms. The van der Waals surface area contributed by atoms with Crippen LogP contribution in [0.25, 0.3) is 5.57 Å². The maximum absolute atomic E-state index is 14.7. The molecule has 1 atom stereocenters. The zero-order valence-corrected chi connectivity index (χ0v) is 15.8. The summed E-state index contributed by atoms with van der Waals surface area (Å²) in [6, 6.07) is 1.97. The van der Waals surface area contributed by atoms with Gasteiger partial charge in [0.15, 0.2) is 0 Å². The average Bonchev–Trinajstić information content (AvgIpc) is 3.07. The summed E-state index contributed by atoms with van der Waals surface area (Å²) in [7, 11) is 0. The van der Waals surface area contributed by atoms with Crippen molar-refractivity contribution in [1.29, 1.82) is 0 Å². The molecule has 2 aliphatic rings. The van der Waals surface area contributed by atoms with Gasteiger partial charge in [-0.2, -0.15) is 0 Å². The Morgan fingerprint density at radius 1 is 1.31 bits per heavy atom. The van der Waals surface area contributed by atoms with Gasteiger partial charge in [0.05, 0.1) is 18.8 Å². The van der Waals surface area contributed by atoms with E-state index in [1.165, 1.54) is 11.8 Å². The minimum absolute atomic E-state index is 0.0181. The number of carbonyl (C=O) groups excluding carboxylic acids is 3. The molecule has 1 aromatic carbocycles. The number of nitrogens with one attached hydrogen (secondary N) is 1. The number of nitrogens with zero attached hydrogens (tertiary/aromatic N) is 2. The lowest BCUT2D eigenvalue weighted by atomic mass is 9.98. The first kappa shape index (κ1) is 20.7. The van der Waals surface area contributed by atoms with Crippen LogP contribution in [0.15, 0.2) is 18.2 Å². The summed E-state index contributed by atoms with van der Waals surface area (Å²) in [4.78, 5) is 36.9. The van der Waals surface area contributed by atoms with E-state index in [1.807, 2.05) is 0 Å². The van der Waals surface area contributed by atoms with E-state index in [1.54, 1.807) is 6.08 Å². The number of hydrogen-bond acceptors (Lipinski definition) is 5. The molecule has 3 rings (SSSR count). The van der Waals surface area contributed by atoms with Crippen molar-refractivity contribution in [3.05, 3.63) is 35.4 Å². The topological polar surface area (TPSA) is 99.2 Å². The number of rotatable bonds is 5. The number of aliphatic hydroxyl groups is 1. The molecule has 2 aliphatic heterocycles. The third-order valence-electron chi connectivity index (χ3n) is 4.82. The van der Waals surface area contributed by atoms with Gasteiger partial charge in [-0.1, -0.05) is 6.08 Å². The quantitative estimate of drug-likeness (QED) is 0.757. The van der Waals surface area contributed by atoms with Gasteiger partial charge in [-0.25, -0.2) is 13.6 Å². The van der Waals surface area contributed by atoms with Crippen LogP contribution < -0.4 is 10.2 Å². The smallest absolute Gasteiger partial charge is 0.414 e. The van der Waals surface area contributed by atoms with E-state index in [2.05, 4.69) is 5.32 Å². The van der Waals surface area contributed by atoms with Gasteiger partial charge in [0.2, 0.25) is 11.8 Å². The highest BCUT2D eigenvalue weighted by atomic mass is 19.1. The van der Waals surface area contributed by atoms with Crippen LogP contribution in [0.3, 0.4) is 0 Å². The molecule has 1 unspecified atom stereocenters. The van der Waals surface area contributed by atoms with Gasteiger partial charge in [-0.3, -0.25) is 14.5 Å². The molecule has 156 valence electrons. The molecule has 0 aromatic heterocycles. The van der Waals surface area contributed by atoms with Crippen LogP contribution in [0.4, 0.5) is 19.3 Å². The number of hydrogen-bond donors (Lipinski definition) is 2. The first-order valence-electron chi connectivity index (χ1n) is 9.09. The lowest BCUT2D eigenvalue weighted by molar-refractivity contribution is -0.133. The molecule has 0 bridgehead atoms. The second-order valence-corrected chi connectivity index (χ2v) is 6.81. The fourth-order valence-corrected chi connectivity index (χ4v) is 3.31. The van der Waals surface area contributed by atoms with Gasteiger partial charge in [-0.15, -0.1) is 0 Å². The van der Waals surface area contributed by atoms with Gasteiger partial charge in [0.25, 0.3) is 0 Å². The fourth-order valence-electron chi connectivity index (χ4n) is 3.31. The van der Waals surface area contributed by atoms with Gasteiger partial charge in [0, 0.05) is 31.6 Å². The highest BCUT2D eigenvalue weighted by Crippen LogP contribution is 2.32. The molecule has 1 saturated heterocycles. The van der Waals surface area contributed by atoms with Crippen molar-refractivity contribution in [1.82, 2.24) is 10.2 Å². The zero-order valence-electron chi connectivity index (χ0n) is 15.8. The first-order valence-corrected chi connectivity index (χ1v) is 9.09. The molecule has 1 aromatic rings. The average molecular weight is 409 g/mol. The molecule has 10 heteroatoms. The van der Waals surface area contributed by atoms with Crippen molar-refractivity contribution in [2.75, 3.05) is 37.7 Å². The Bertz CT molecular complexity index is 874. The molecule has 0 aliphatic carbocycles. The molecule has 8 nitrogen and oxygen atoms in total. The minimum Gasteiger partial charge on any atom is -0.442 e. The largest absolute Gasteiger partial charge is 0.442 e. The second kappa shape index (κ2) is 8.56. The SMILES string of the molecule is CC(=O)NCC1CN(c2cc(F)c(C3=CCN(C(=O)CO)CC3)cc2F)C(=O)O1. The summed E-state index contributed by atoms with van der Waals surface area (Å²) in [6.07, 6.45) is 0.444. The summed E-state index contributed by atoms with van der Waals surface area (Å²) in [5.74, 6) is -2.20. The summed E-state index contributed by atoms with van der Waals surface area (Å²) in [5, 5.41) is 11.4. The summed E-state index contributed by atoms with van der Waals surface area (Å²) in [6.45, 7) is 1.26. The number of amides is 3. The third kappa shape index (κ3) is 4.53. The van der Waals surface area contributed by atoms with Crippen molar-refractivity contribution in [2.45, 2.75) is 19.4 Å². The Morgan fingerprint density at radius 3 is 2.69 bits per heavy atom. The molecule has 0 saturated carbocycles. The van der Waals surface area contributed by atoms with E-state index < -0.39 is 36.3 Å². The minimum atomic E-state index is -0.818. The number of benzene rings is 1. The number of carbonyl (C=O) groups is 3. The van der Waals surface area contributed by atoms with Crippen LogP contribution in [-0.2, 0) is 14.3 Å². The number of aliphatic hydroxyl groups excluding tert-OH is 1. The number of anilines is 1. The molecule has 3 amide bonds. The van der Waals surface area contributed by atoms with Crippen molar-refractivity contribution >= 4 is 29.2 Å². The summed E-state index contributed by atoms with van der Waals surface area (Å²) < 4.78 is 34.5. The lowest BCUT2D eigenvalue weighted by Crippen LogP contribution is -2.36. The van der Waals surface area contributed by atoms with Crippen LogP contribution in [0.2, 0.25) is 0 Å². The van der Waals surface area contributed by atoms with Crippen LogP contribution in [0.5, 0.6) is 0 Å². The Hall–Kier alpha value is -3.01. The normalized spacial score (nSPS) is 19.1. The molecule has 1 fully saturated rings. The van der Waals surface area contributed by atoms with Gasteiger partial charge in [-0.05, 0) is 18.1 Å². The Morgan fingerprint density at radius 2 is 2.07 bits per heavy atom. The van der Waals surface area contributed by atoms with Gasteiger partial charge < -0.3 is 20.1 Å². The van der Waals surface area contributed by atoms with Crippen molar-refractivity contribution < 1.29 is 33.0 Å². The monoisotopic (exact) mass is 409 g/mol. The lowest BCUT2D eigenvalue weighted by Gasteiger charge is -2.26. The standard InChI is InChI=1S/C19H21F2N3O5/c1-11(26)22-8-13-9-24(19(28)29-13)17-7-15(20)14(6-16(17)21)12-2-4-23(5-3-12)18(27)10-25/h2,6-7,13,25H,3-5,8-10H2,1H3,(H,22,26). The number of halogens is 2. The van der Waals surface area contributed by atoms with Gasteiger partial charge >= 0.3 is 6.09 Å².